The highest BCUT2D eigenvalue weighted by Crippen LogP contribution is 2.28. The monoisotopic (exact) mass is 367 g/mol. The number of carbonyl (C=O) groups excluding carboxylic acids is 1. The topological polar surface area (TPSA) is 38.3 Å². The van der Waals surface area contributed by atoms with Crippen molar-refractivity contribution in [3.63, 3.8) is 0 Å². The summed E-state index contributed by atoms with van der Waals surface area (Å²) in [6, 6.07) is 8.25. The van der Waals surface area contributed by atoms with Crippen LogP contribution in [0.3, 0.4) is 0 Å². The molecule has 0 aliphatic rings. The van der Waals surface area contributed by atoms with E-state index in [0.717, 1.165) is 18.3 Å². The number of ether oxygens (including phenoxy) is 1. The molecule has 1 atom stereocenters. The quantitative estimate of drug-likeness (QED) is 0.448. The van der Waals surface area contributed by atoms with Gasteiger partial charge in [0, 0.05) is 23.5 Å². The maximum absolute atomic E-state index is 10.7. The number of hydrogen-bond donors (Lipinski definition) is 1. The largest absolute Gasteiger partial charge is 0.382 e. The van der Waals surface area contributed by atoms with Gasteiger partial charge in [0.25, 0.3) is 0 Å². The Morgan fingerprint density at radius 3 is 1.96 bits per heavy atom. The molecule has 1 rings (SSSR count). The van der Waals surface area contributed by atoms with Gasteiger partial charge in [-0.15, -0.1) is 0 Å². The van der Waals surface area contributed by atoms with Crippen LogP contribution in [-0.4, -0.2) is 24.2 Å². The van der Waals surface area contributed by atoms with E-state index in [9.17, 15) is 4.79 Å². The number of carbonyl (C=O) groups is 1. The van der Waals surface area contributed by atoms with E-state index in [-0.39, 0.29) is 4.75 Å². The van der Waals surface area contributed by atoms with Crippen LogP contribution in [0.5, 0.6) is 0 Å². The van der Waals surface area contributed by atoms with Gasteiger partial charge in [0.15, 0.2) is 0 Å². The van der Waals surface area contributed by atoms with Gasteiger partial charge in [0.2, 0.25) is 0 Å². The molecule has 144 valence electrons. The van der Waals surface area contributed by atoms with Crippen molar-refractivity contribution in [2.45, 2.75) is 78.2 Å². The molecule has 25 heavy (non-hydrogen) atoms. The second-order valence-electron chi connectivity index (χ2n) is 7.93. The molecule has 0 spiro atoms. The van der Waals surface area contributed by atoms with Crippen molar-refractivity contribution in [2.24, 2.45) is 5.92 Å². The first-order valence-electron chi connectivity index (χ1n) is 9.10. The number of methoxy groups -OCH3 is 1. The van der Waals surface area contributed by atoms with Gasteiger partial charge in [-0.2, -0.15) is 0 Å². The summed E-state index contributed by atoms with van der Waals surface area (Å²) in [6.45, 7) is 15.1. The molecule has 0 aliphatic heterocycles. The second-order valence-corrected chi connectivity index (χ2v) is 9.59. The van der Waals surface area contributed by atoms with Gasteiger partial charge in [0.1, 0.15) is 6.29 Å². The molecule has 0 radical (unpaired) electrons. The molecule has 1 aromatic rings. The van der Waals surface area contributed by atoms with E-state index in [1.807, 2.05) is 26.0 Å². The van der Waals surface area contributed by atoms with Crippen LogP contribution >= 0.6 is 11.9 Å². The average molecular weight is 368 g/mol. The van der Waals surface area contributed by atoms with E-state index in [1.165, 1.54) is 12.0 Å². The summed E-state index contributed by atoms with van der Waals surface area (Å²) in [4.78, 5) is 10.7. The number of nitrogens with one attached hydrogen (secondary N) is 1. The maximum Gasteiger partial charge on any atom is 0.150 e. The van der Waals surface area contributed by atoms with Crippen molar-refractivity contribution in [3.05, 3.63) is 35.4 Å². The minimum Gasteiger partial charge on any atom is -0.382 e. The normalized spacial score (nSPS) is 12.7. The molecule has 0 aliphatic carbocycles. The molecule has 0 aromatic heterocycles. The van der Waals surface area contributed by atoms with Crippen molar-refractivity contribution in [2.75, 3.05) is 7.11 Å². The predicted octanol–water partition coefficient (Wildman–Crippen LogP) is 6.05. The van der Waals surface area contributed by atoms with Crippen LogP contribution in [0.2, 0.25) is 0 Å². The highest BCUT2D eigenvalue weighted by atomic mass is 32.2. The third kappa shape index (κ3) is 13.1. The molecule has 0 heterocycles. The maximum atomic E-state index is 10.7. The lowest BCUT2D eigenvalue weighted by Crippen LogP contribution is -2.22. The Labute approximate surface area is 159 Å². The Morgan fingerprint density at radius 2 is 1.60 bits per heavy atom. The highest BCUT2D eigenvalue weighted by Gasteiger charge is 2.17. The van der Waals surface area contributed by atoms with Crippen LogP contribution in [0, 0.1) is 5.92 Å². The summed E-state index contributed by atoms with van der Waals surface area (Å²) in [5.74, 6) is 0.702. The molecule has 0 saturated carbocycles. The molecule has 0 bridgehead atoms. The Hall–Kier alpha value is -0.840. The zero-order valence-electron chi connectivity index (χ0n) is 17.3. The minimum absolute atomic E-state index is 0.193. The predicted molar refractivity (Wildman–Crippen MR) is 111 cm³/mol. The highest BCUT2D eigenvalue weighted by molar-refractivity contribution is 7.98. The number of aldehydes is 1. The Balaban J connectivity index is 0.00000101. The van der Waals surface area contributed by atoms with Crippen molar-refractivity contribution in [1.29, 1.82) is 0 Å². The van der Waals surface area contributed by atoms with E-state index in [0.29, 0.717) is 18.1 Å². The summed E-state index contributed by atoms with van der Waals surface area (Å²) >= 11 is 1.78. The molecular weight excluding hydrogens is 330 g/mol. The van der Waals surface area contributed by atoms with E-state index >= 15 is 0 Å². The number of rotatable bonds is 8. The Morgan fingerprint density at radius 1 is 1.08 bits per heavy atom. The SMILES string of the molecule is CC(C)CC[C@@H](NSC(C)(C)C)c1ccc(C=O)cc1.COC(C)C. The molecule has 1 N–H and O–H groups in total. The zero-order chi connectivity index (χ0) is 19.5. The summed E-state index contributed by atoms with van der Waals surface area (Å²) in [6.07, 6.45) is 3.58. The lowest BCUT2D eigenvalue weighted by molar-refractivity contribution is 0.112. The van der Waals surface area contributed by atoms with E-state index in [4.69, 9.17) is 4.74 Å². The summed E-state index contributed by atoms with van der Waals surface area (Å²) in [5, 5.41) is 0. The van der Waals surface area contributed by atoms with E-state index in [1.54, 1.807) is 19.1 Å². The summed E-state index contributed by atoms with van der Waals surface area (Å²) in [5.41, 5.74) is 1.99. The fraction of sp³-hybridized carbons (Fsp3) is 0.667. The van der Waals surface area contributed by atoms with Crippen LogP contribution in [-0.2, 0) is 4.74 Å². The fourth-order valence-electron chi connectivity index (χ4n) is 1.85. The van der Waals surface area contributed by atoms with Crippen LogP contribution < -0.4 is 4.72 Å². The lowest BCUT2D eigenvalue weighted by atomic mass is 9.98. The lowest BCUT2D eigenvalue weighted by Gasteiger charge is -2.25. The first-order valence-corrected chi connectivity index (χ1v) is 9.92. The summed E-state index contributed by atoms with van der Waals surface area (Å²) in [7, 11) is 1.70. The molecule has 3 nitrogen and oxygen atoms in total. The van der Waals surface area contributed by atoms with Crippen LogP contribution in [0.15, 0.2) is 24.3 Å². The first-order chi connectivity index (χ1) is 11.6. The molecule has 0 saturated heterocycles. The smallest absolute Gasteiger partial charge is 0.150 e. The fourth-order valence-corrected chi connectivity index (χ4v) is 2.60. The molecule has 1 aromatic carbocycles. The van der Waals surface area contributed by atoms with E-state index in [2.05, 4.69) is 51.5 Å². The first kappa shape index (κ1) is 24.2. The van der Waals surface area contributed by atoms with Gasteiger partial charge >= 0.3 is 0 Å². The van der Waals surface area contributed by atoms with Gasteiger partial charge in [-0.3, -0.25) is 9.52 Å². The minimum atomic E-state index is 0.193. The number of hydrogen-bond acceptors (Lipinski definition) is 4. The number of benzene rings is 1. The van der Waals surface area contributed by atoms with Gasteiger partial charge in [-0.1, -0.05) is 50.1 Å². The molecule has 0 fully saturated rings. The molecular formula is C21H37NO2S. The molecule has 4 heteroatoms. The van der Waals surface area contributed by atoms with Crippen molar-refractivity contribution in [3.8, 4) is 0 Å². The van der Waals surface area contributed by atoms with Gasteiger partial charge in [0.05, 0.1) is 6.10 Å². The van der Waals surface area contributed by atoms with Gasteiger partial charge in [-0.25, -0.2) is 0 Å². The van der Waals surface area contributed by atoms with E-state index < -0.39 is 0 Å². The van der Waals surface area contributed by atoms with Crippen molar-refractivity contribution >= 4 is 18.2 Å². The van der Waals surface area contributed by atoms with Gasteiger partial charge in [-0.05, 0) is 58.9 Å². The van der Waals surface area contributed by atoms with Crippen LogP contribution in [0.1, 0.15) is 83.3 Å². The Kier molecular flexibility index (Phi) is 12.1. The summed E-state index contributed by atoms with van der Waals surface area (Å²) < 4.78 is 8.54. The van der Waals surface area contributed by atoms with Crippen molar-refractivity contribution in [1.82, 2.24) is 4.72 Å². The van der Waals surface area contributed by atoms with Crippen LogP contribution in [0.25, 0.3) is 0 Å². The third-order valence-corrected chi connectivity index (χ3v) is 4.50. The van der Waals surface area contributed by atoms with Crippen molar-refractivity contribution < 1.29 is 9.53 Å². The standard InChI is InChI=1S/C17H27NOS.C4H10O/c1-13(2)6-11-16(18-20-17(3,4)5)15-9-7-14(12-19)8-10-15;1-4(2)5-3/h7-10,12-13,16,18H,6,11H2,1-5H3;4H,1-3H3/t16-;/m1./s1. The van der Waals surface area contributed by atoms with Crippen LogP contribution in [0.4, 0.5) is 0 Å². The Bertz CT molecular complexity index is 464. The average Bonchev–Trinajstić information content (AvgIpc) is 2.54. The zero-order valence-corrected chi connectivity index (χ0v) is 18.1. The molecule has 0 unspecified atom stereocenters. The van der Waals surface area contributed by atoms with Gasteiger partial charge < -0.3 is 4.74 Å². The molecule has 0 amide bonds. The third-order valence-electron chi connectivity index (χ3n) is 3.49. The second kappa shape index (κ2) is 12.5.